The molecule has 1 fully saturated rings. The summed E-state index contributed by atoms with van der Waals surface area (Å²) in [5.41, 5.74) is 7.51. The van der Waals surface area contributed by atoms with Gasteiger partial charge in [0.05, 0.1) is 50.6 Å². The van der Waals surface area contributed by atoms with Crippen molar-refractivity contribution in [1.82, 2.24) is 39.3 Å². The summed E-state index contributed by atoms with van der Waals surface area (Å²) in [6.07, 6.45) is 2.97. The van der Waals surface area contributed by atoms with Crippen LogP contribution in [0.1, 0.15) is 44.0 Å². The summed E-state index contributed by atoms with van der Waals surface area (Å²) >= 11 is 3.08. The lowest BCUT2D eigenvalue weighted by Crippen LogP contribution is -2.58. The first-order valence-corrected chi connectivity index (χ1v) is 21.8. The van der Waals surface area contributed by atoms with Crippen LogP contribution in [0.3, 0.4) is 0 Å². The number of thiazole rings is 2. The molecular weight excluding hydrogens is 829 g/mol. The van der Waals surface area contributed by atoms with Gasteiger partial charge in [-0.1, -0.05) is 56.4 Å². The number of hydrogen-bond donors (Lipinski definition) is 4. The van der Waals surface area contributed by atoms with E-state index in [-0.39, 0.29) is 45.2 Å². The minimum Gasteiger partial charge on any atom is -0.491 e. The Morgan fingerprint density at radius 2 is 1.87 bits per heavy atom. The molecular formula is C44H46N10O6S2. The van der Waals surface area contributed by atoms with Gasteiger partial charge in [0.15, 0.2) is 4.96 Å². The maximum absolute atomic E-state index is 14.0. The lowest BCUT2D eigenvalue weighted by atomic mass is 9.85. The van der Waals surface area contributed by atoms with E-state index < -0.39 is 35.4 Å². The fraction of sp³-hybridized carbons (Fsp3) is 0.341. The molecule has 18 heteroatoms. The van der Waals surface area contributed by atoms with Crippen LogP contribution in [0.4, 0.5) is 5.82 Å². The lowest BCUT2D eigenvalue weighted by molar-refractivity contribution is -0.144. The second-order valence-electron chi connectivity index (χ2n) is 16.2. The molecule has 5 aromatic heterocycles. The molecule has 0 spiro atoms. The van der Waals surface area contributed by atoms with Crippen molar-refractivity contribution in [2.24, 2.45) is 5.41 Å². The number of anilines is 1. The summed E-state index contributed by atoms with van der Waals surface area (Å²) in [5.74, 6) is 0.0899. The number of rotatable bonds is 14. The van der Waals surface area contributed by atoms with Crippen LogP contribution in [0.15, 0.2) is 72.5 Å². The number of β-amino-alcohol motifs (C(OH)–C–C–N with tert-alkyl or cyclic N) is 1. The first kappa shape index (κ1) is 42.3. The Morgan fingerprint density at radius 1 is 1.06 bits per heavy atom. The summed E-state index contributed by atoms with van der Waals surface area (Å²) in [5, 5.41) is 28.8. The Labute approximate surface area is 365 Å². The van der Waals surface area contributed by atoms with Gasteiger partial charge in [0.1, 0.15) is 53.9 Å². The summed E-state index contributed by atoms with van der Waals surface area (Å²) in [4.78, 5) is 57.7. The van der Waals surface area contributed by atoms with E-state index in [0.29, 0.717) is 28.3 Å². The van der Waals surface area contributed by atoms with Crippen LogP contribution in [0.25, 0.3) is 42.7 Å². The summed E-state index contributed by atoms with van der Waals surface area (Å²) in [7, 11) is 1.82. The van der Waals surface area contributed by atoms with Crippen molar-refractivity contribution < 1.29 is 29.0 Å². The highest BCUT2D eigenvalue weighted by Crippen LogP contribution is 2.35. The molecule has 0 bridgehead atoms. The normalized spacial score (nSPS) is 15.9. The summed E-state index contributed by atoms with van der Waals surface area (Å²) in [6.45, 7) is 7.69. The number of carbonyl (C=O) groups is 3. The van der Waals surface area contributed by atoms with Gasteiger partial charge < -0.3 is 35.4 Å². The van der Waals surface area contributed by atoms with Crippen LogP contribution in [-0.4, -0.2) is 103 Å². The van der Waals surface area contributed by atoms with E-state index in [1.807, 2.05) is 104 Å². The van der Waals surface area contributed by atoms with Gasteiger partial charge in [-0.15, -0.1) is 11.3 Å². The molecule has 0 aliphatic carbocycles. The van der Waals surface area contributed by atoms with Gasteiger partial charge in [-0.05, 0) is 53.8 Å². The third-order valence-corrected chi connectivity index (χ3v) is 12.7. The number of pyridine rings is 1. The third-order valence-electron chi connectivity index (χ3n) is 10.7. The molecule has 3 atom stereocenters. The molecule has 1 aliphatic heterocycles. The number of imidazole rings is 2. The average molecular weight is 875 g/mol. The quantitative estimate of drug-likeness (QED) is 0.102. The number of fused-ring (bicyclic) bond motifs is 4. The van der Waals surface area contributed by atoms with Crippen LogP contribution < -0.4 is 20.7 Å². The minimum absolute atomic E-state index is 0.0205. The Bertz CT molecular complexity index is 2830. The monoisotopic (exact) mass is 874 g/mol. The molecule has 0 unspecified atom stereocenters. The predicted octanol–water partition coefficient (Wildman–Crippen LogP) is 5.41. The van der Waals surface area contributed by atoms with E-state index in [2.05, 4.69) is 27.0 Å². The van der Waals surface area contributed by atoms with Crippen LogP contribution >= 0.6 is 22.7 Å². The summed E-state index contributed by atoms with van der Waals surface area (Å²) in [6, 6.07) is 17.4. The number of amides is 3. The summed E-state index contributed by atoms with van der Waals surface area (Å²) < 4.78 is 16.5. The van der Waals surface area contributed by atoms with Crippen molar-refractivity contribution in [2.45, 2.75) is 58.8 Å². The number of hydrogen-bond acceptors (Lipinski definition) is 13. The Kier molecular flexibility index (Phi) is 12.0. The number of aliphatic hydroxyl groups excluding tert-OH is 1. The van der Waals surface area contributed by atoms with Crippen molar-refractivity contribution >= 4 is 67.0 Å². The first-order valence-electron chi connectivity index (χ1n) is 20.1. The van der Waals surface area contributed by atoms with Gasteiger partial charge in [-0.2, -0.15) is 5.26 Å². The molecule has 3 amide bonds. The van der Waals surface area contributed by atoms with Crippen molar-refractivity contribution in [3.8, 4) is 33.6 Å². The van der Waals surface area contributed by atoms with Crippen molar-refractivity contribution in [2.75, 3.05) is 38.7 Å². The molecule has 16 nitrogen and oxygen atoms in total. The second kappa shape index (κ2) is 17.5. The zero-order valence-corrected chi connectivity index (χ0v) is 36.5. The molecule has 7 aromatic rings. The lowest BCUT2D eigenvalue weighted by Gasteiger charge is -2.35. The number of nitrogens with one attached hydrogen (secondary N) is 3. The van der Waals surface area contributed by atoms with Crippen LogP contribution in [0, 0.1) is 23.7 Å². The van der Waals surface area contributed by atoms with Crippen molar-refractivity contribution in [3.05, 3.63) is 89.3 Å². The molecule has 2 aromatic carbocycles. The maximum atomic E-state index is 14.0. The number of aliphatic hydroxyl groups is 1. The van der Waals surface area contributed by atoms with E-state index in [9.17, 15) is 24.8 Å². The largest absolute Gasteiger partial charge is 0.491 e. The molecule has 1 aliphatic rings. The standard InChI is InChI=1S/C44H46N10O6S2/c1-25-38(61-24-48-25)28-8-6-26(7-9-28)20-47-41(57)33-17-29(55)21-53(33)42(58)39(44(2,3)4)51-36(56)23-59-14-15-60-30-10-11-32-34(18-30)62-43-49-31(22-54(32)43)37-40(46-5)52-13-12-27(19-45)16-35(52)50-37/h6-13,16,18,22,24,29,33,39,46,55H,14-15,17,20-21,23H2,1-5H3,(H,47,57)(H,51,56)/t29-,33+,39-/m0/s1. The second-order valence-corrected chi connectivity index (χ2v) is 18.0. The van der Waals surface area contributed by atoms with Gasteiger partial charge >= 0.3 is 0 Å². The molecule has 8 rings (SSSR count). The topological polar surface area (TPSA) is 201 Å². The van der Waals surface area contributed by atoms with Crippen molar-refractivity contribution in [1.29, 1.82) is 5.26 Å². The number of ether oxygens (including phenoxy) is 2. The van der Waals surface area contributed by atoms with Gasteiger partial charge in [-0.25, -0.2) is 15.0 Å². The maximum Gasteiger partial charge on any atom is 0.246 e. The molecule has 6 heterocycles. The molecule has 0 saturated carbocycles. The van der Waals surface area contributed by atoms with E-state index in [0.717, 1.165) is 42.7 Å². The molecule has 0 radical (unpaired) electrons. The van der Waals surface area contributed by atoms with Crippen LogP contribution in [-0.2, 0) is 25.7 Å². The predicted molar refractivity (Wildman–Crippen MR) is 237 cm³/mol. The van der Waals surface area contributed by atoms with Gasteiger partial charge in [0.2, 0.25) is 17.7 Å². The fourth-order valence-corrected chi connectivity index (χ4v) is 9.43. The highest BCUT2D eigenvalue weighted by molar-refractivity contribution is 7.23. The minimum atomic E-state index is -0.977. The molecule has 4 N–H and O–H groups in total. The number of nitrogens with zero attached hydrogens (tertiary/aromatic N) is 7. The number of carbonyl (C=O) groups excluding carboxylic acids is 3. The van der Waals surface area contributed by atoms with E-state index >= 15 is 0 Å². The Hall–Kier alpha value is -6.39. The van der Waals surface area contributed by atoms with E-state index in [4.69, 9.17) is 19.4 Å². The first-order chi connectivity index (χ1) is 29.8. The number of aryl methyl sites for hydroxylation is 1. The van der Waals surface area contributed by atoms with Gasteiger partial charge in [0, 0.05) is 39.0 Å². The molecule has 1 saturated heterocycles. The molecule has 320 valence electrons. The number of aromatic nitrogens is 5. The van der Waals surface area contributed by atoms with E-state index in [1.54, 1.807) is 23.5 Å². The average Bonchev–Trinajstić information content (AvgIpc) is 4.09. The zero-order chi connectivity index (χ0) is 43.7. The highest BCUT2D eigenvalue weighted by Gasteiger charge is 2.44. The van der Waals surface area contributed by atoms with Gasteiger partial charge in [0.25, 0.3) is 0 Å². The third kappa shape index (κ3) is 8.70. The molecule has 62 heavy (non-hydrogen) atoms. The highest BCUT2D eigenvalue weighted by atomic mass is 32.1. The number of nitriles is 1. The van der Waals surface area contributed by atoms with E-state index in [1.165, 1.54) is 16.2 Å². The number of benzene rings is 2. The van der Waals surface area contributed by atoms with Crippen LogP contribution in [0.5, 0.6) is 5.75 Å². The smallest absolute Gasteiger partial charge is 0.246 e. The van der Waals surface area contributed by atoms with Gasteiger partial charge in [-0.3, -0.25) is 23.2 Å². The SMILES string of the molecule is CNc1c(-c2cn3c(n2)sc2cc(OCCOCC(=O)N[C@@H](C(=O)N4C[C@@H](O)C[C@@H]4C(=O)NCc4ccc(-c5scnc5C)cc4)C(C)(C)C)ccc23)nc2cc(C#N)ccn12. The fourth-order valence-electron chi connectivity index (χ4n) is 7.58. The zero-order valence-electron chi connectivity index (χ0n) is 34.8. The van der Waals surface area contributed by atoms with Crippen molar-refractivity contribution in [3.63, 3.8) is 0 Å². The Balaban J connectivity index is 0.828. The Morgan fingerprint density at radius 3 is 2.60 bits per heavy atom. The number of likely N-dealkylation sites (tertiary alicyclic amines) is 1. The van der Waals surface area contributed by atoms with Crippen LogP contribution in [0.2, 0.25) is 0 Å².